The van der Waals surface area contributed by atoms with E-state index in [0.29, 0.717) is 5.56 Å². The van der Waals surface area contributed by atoms with Crippen LogP contribution in [0.2, 0.25) is 0 Å². The highest BCUT2D eigenvalue weighted by Gasteiger charge is 2.41. The third kappa shape index (κ3) is 2.27. The van der Waals surface area contributed by atoms with Crippen LogP contribution >= 0.6 is 0 Å². The molecule has 3 nitrogen and oxygen atoms in total. The number of benzene rings is 1. The second-order valence-electron chi connectivity index (χ2n) is 7.27. The molecule has 1 aromatic carbocycles. The fourth-order valence-electron chi connectivity index (χ4n) is 2.49. The molecule has 1 aromatic rings. The van der Waals surface area contributed by atoms with Crippen LogP contribution in [0.25, 0.3) is 0 Å². The number of fused-ring (bicyclic) bond motifs is 1. The predicted octanol–water partition coefficient (Wildman–Crippen LogP) is 3.23. The van der Waals surface area contributed by atoms with Gasteiger partial charge in [-0.15, -0.1) is 0 Å². The van der Waals surface area contributed by atoms with E-state index in [0.717, 1.165) is 11.1 Å². The Morgan fingerprint density at radius 2 is 1.68 bits per heavy atom. The van der Waals surface area contributed by atoms with Crippen LogP contribution in [0, 0.1) is 0 Å². The molecule has 1 N–H and O–H groups in total. The summed E-state index contributed by atoms with van der Waals surface area (Å²) in [6, 6.07) is 5.78. The summed E-state index contributed by atoms with van der Waals surface area (Å²) in [5.41, 5.74) is 2.10. The molecule has 0 saturated carbocycles. The third-order valence-corrected chi connectivity index (χ3v) is 3.61. The molecule has 1 aliphatic heterocycles. The van der Waals surface area contributed by atoms with Crippen molar-refractivity contribution in [3.63, 3.8) is 0 Å². The van der Waals surface area contributed by atoms with Gasteiger partial charge in [0.05, 0.1) is 0 Å². The van der Waals surface area contributed by atoms with E-state index in [2.05, 4.69) is 20.8 Å². The molecule has 0 aromatic heterocycles. The Bertz CT molecular complexity index is 521. The maximum absolute atomic E-state index is 12.4. The third-order valence-electron chi connectivity index (χ3n) is 3.61. The van der Waals surface area contributed by atoms with Gasteiger partial charge < -0.3 is 10.0 Å². The number of aliphatic hydroxyl groups is 1. The zero-order chi connectivity index (χ0) is 14.6. The average Bonchev–Trinajstić information content (AvgIpc) is 2.49. The summed E-state index contributed by atoms with van der Waals surface area (Å²) in [5.74, 6) is -0.0875. The molecule has 0 unspecified atom stereocenters. The van der Waals surface area contributed by atoms with Crippen molar-refractivity contribution in [3.8, 4) is 0 Å². The summed E-state index contributed by atoms with van der Waals surface area (Å²) in [4.78, 5) is 13.9. The zero-order valence-electron chi connectivity index (χ0n) is 12.6. The summed E-state index contributed by atoms with van der Waals surface area (Å²) >= 11 is 0. The lowest BCUT2D eigenvalue weighted by Crippen LogP contribution is -2.43. The minimum atomic E-state index is -0.843. The quantitative estimate of drug-likeness (QED) is 0.779. The molecule has 0 fully saturated rings. The van der Waals surface area contributed by atoms with Crippen LogP contribution in [0.1, 0.15) is 69.3 Å². The molecule has 19 heavy (non-hydrogen) atoms. The molecular weight excluding hydrogens is 238 g/mol. The van der Waals surface area contributed by atoms with Gasteiger partial charge in [0.15, 0.2) is 6.23 Å². The SMILES string of the molecule is CC(C)(C)c1ccc2c(c1)[C@@H](O)N(C(C)(C)C)C2=O. The highest BCUT2D eigenvalue weighted by atomic mass is 16.3. The molecule has 0 aliphatic carbocycles. The first-order valence-electron chi connectivity index (χ1n) is 6.69. The Kier molecular flexibility index (Phi) is 3.01. The van der Waals surface area contributed by atoms with Gasteiger partial charge in [0, 0.05) is 16.7 Å². The van der Waals surface area contributed by atoms with Crippen molar-refractivity contribution in [2.24, 2.45) is 0 Å². The predicted molar refractivity (Wildman–Crippen MR) is 76.0 cm³/mol. The van der Waals surface area contributed by atoms with Crippen molar-refractivity contribution in [2.75, 3.05) is 0 Å². The Hall–Kier alpha value is -1.35. The Morgan fingerprint density at radius 1 is 1.11 bits per heavy atom. The summed E-state index contributed by atoms with van der Waals surface area (Å²) in [6.07, 6.45) is -0.843. The van der Waals surface area contributed by atoms with Crippen LogP contribution in [-0.4, -0.2) is 21.5 Å². The second-order valence-corrected chi connectivity index (χ2v) is 7.27. The number of rotatable bonds is 0. The zero-order valence-corrected chi connectivity index (χ0v) is 12.6. The molecule has 1 aliphatic rings. The minimum absolute atomic E-state index is 0.00689. The van der Waals surface area contributed by atoms with Crippen LogP contribution in [-0.2, 0) is 5.41 Å². The van der Waals surface area contributed by atoms with Crippen molar-refractivity contribution in [1.29, 1.82) is 0 Å². The first-order chi connectivity index (χ1) is 8.53. The van der Waals surface area contributed by atoms with Crippen molar-refractivity contribution in [2.45, 2.75) is 58.7 Å². The van der Waals surface area contributed by atoms with Gasteiger partial charge in [-0.25, -0.2) is 0 Å². The summed E-state index contributed by atoms with van der Waals surface area (Å²) in [5, 5.41) is 10.4. The van der Waals surface area contributed by atoms with Crippen LogP contribution in [0.4, 0.5) is 0 Å². The van der Waals surface area contributed by atoms with Gasteiger partial charge >= 0.3 is 0 Å². The normalized spacial score (nSPS) is 19.8. The molecule has 1 amide bonds. The fourth-order valence-corrected chi connectivity index (χ4v) is 2.49. The topological polar surface area (TPSA) is 40.5 Å². The van der Waals surface area contributed by atoms with E-state index in [1.807, 2.05) is 39.0 Å². The van der Waals surface area contributed by atoms with E-state index < -0.39 is 11.8 Å². The maximum atomic E-state index is 12.4. The number of amides is 1. The molecular formula is C16H23NO2. The number of nitrogens with zero attached hydrogens (tertiary/aromatic N) is 1. The van der Waals surface area contributed by atoms with E-state index in [1.54, 1.807) is 4.90 Å². The lowest BCUT2D eigenvalue weighted by atomic mass is 9.85. The van der Waals surface area contributed by atoms with E-state index in [-0.39, 0.29) is 11.3 Å². The van der Waals surface area contributed by atoms with Crippen LogP contribution in [0.15, 0.2) is 18.2 Å². The molecule has 0 radical (unpaired) electrons. The summed E-state index contributed by atoms with van der Waals surface area (Å²) in [7, 11) is 0. The number of hydrogen-bond acceptors (Lipinski definition) is 2. The van der Waals surface area contributed by atoms with Gasteiger partial charge in [0.2, 0.25) is 0 Å². The van der Waals surface area contributed by atoms with E-state index in [9.17, 15) is 9.90 Å². The molecule has 0 saturated heterocycles. The number of hydrogen-bond donors (Lipinski definition) is 1. The standard InChI is InChI=1S/C16H23NO2/c1-15(2,3)10-7-8-11-12(9-10)14(19)17(13(11)18)16(4,5)6/h7-9,14,19H,1-6H3/t14-/m1/s1. The second kappa shape index (κ2) is 4.07. The first kappa shape index (κ1) is 14.1. The first-order valence-corrected chi connectivity index (χ1v) is 6.69. The largest absolute Gasteiger partial charge is 0.369 e. The Balaban J connectivity index is 2.52. The number of carbonyl (C=O) groups is 1. The van der Waals surface area contributed by atoms with Gasteiger partial charge in [0.1, 0.15) is 0 Å². The molecule has 0 bridgehead atoms. The lowest BCUT2D eigenvalue weighted by Gasteiger charge is -2.34. The van der Waals surface area contributed by atoms with Crippen molar-refractivity contribution >= 4 is 5.91 Å². The van der Waals surface area contributed by atoms with Crippen molar-refractivity contribution < 1.29 is 9.90 Å². The highest BCUT2D eigenvalue weighted by Crippen LogP contribution is 2.38. The fraction of sp³-hybridized carbons (Fsp3) is 0.562. The van der Waals surface area contributed by atoms with Gasteiger partial charge in [-0.05, 0) is 43.9 Å². The van der Waals surface area contributed by atoms with E-state index in [1.165, 1.54) is 0 Å². The molecule has 104 valence electrons. The summed E-state index contributed by atoms with van der Waals surface area (Å²) < 4.78 is 0. The van der Waals surface area contributed by atoms with Gasteiger partial charge in [-0.1, -0.05) is 26.8 Å². The maximum Gasteiger partial charge on any atom is 0.257 e. The van der Waals surface area contributed by atoms with Crippen molar-refractivity contribution in [3.05, 3.63) is 34.9 Å². The van der Waals surface area contributed by atoms with E-state index in [4.69, 9.17) is 0 Å². The minimum Gasteiger partial charge on any atom is -0.369 e. The monoisotopic (exact) mass is 261 g/mol. The van der Waals surface area contributed by atoms with Crippen molar-refractivity contribution in [1.82, 2.24) is 4.90 Å². The van der Waals surface area contributed by atoms with E-state index >= 15 is 0 Å². The molecule has 1 heterocycles. The van der Waals surface area contributed by atoms with Gasteiger partial charge in [-0.2, -0.15) is 0 Å². The van der Waals surface area contributed by atoms with Crippen LogP contribution in [0.5, 0.6) is 0 Å². The lowest BCUT2D eigenvalue weighted by molar-refractivity contribution is -0.0228. The van der Waals surface area contributed by atoms with Gasteiger partial charge in [-0.3, -0.25) is 4.79 Å². The number of aliphatic hydroxyl groups excluding tert-OH is 1. The van der Waals surface area contributed by atoms with Gasteiger partial charge in [0.25, 0.3) is 5.91 Å². The Morgan fingerprint density at radius 3 is 2.16 bits per heavy atom. The molecule has 1 atom stereocenters. The molecule has 2 rings (SSSR count). The molecule has 0 spiro atoms. The smallest absolute Gasteiger partial charge is 0.257 e. The number of carbonyl (C=O) groups excluding carboxylic acids is 1. The van der Waals surface area contributed by atoms with Crippen LogP contribution < -0.4 is 0 Å². The molecule has 3 heteroatoms. The highest BCUT2D eigenvalue weighted by molar-refractivity contribution is 5.99. The average molecular weight is 261 g/mol. The Labute approximate surface area is 115 Å². The summed E-state index contributed by atoms with van der Waals surface area (Å²) in [6.45, 7) is 12.2. The van der Waals surface area contributed by atoms with Crippen LogP contribution in [0.3, 0.4) is 0 Å².